The molecule has 0 bridgehead atoms. The van der Waals surface area contributed by atoms with E-state index in [4.69, 9.17) is 13.7 Å². The predicted octanol–water partition coefficient (Wildman–Crippen LogP) is 2.98. The molecule has 0 aliphatic heterocycles. The number of hydrogen-bond acceptors (Lipinski definition) is 7. The molecule has 3 aromatic rings. The van der Waals surface area contributed by atoms with E-state index in [1.165, 1.54) is 0 Å². The van der Waals surface area contributed by atoms with Crippen molar-refractivity contribution in [2.24, 2.45) is 0 Å². The molecule has 0 saturated carbocycles. The van der Waals surface area contributed by atoms with Crippen LogP contribution in [0.1, 0.15) is 25.6 Å². The molecular weight excluding hydrogens is 284 g/mol. The fourth-order valence-electron chi connectivity index (χ4n) is 1.88. The Morgan fingerprint density at radius 2 is 1.82 bits per heavy atom. The summed E-state index contributed by atoms with van der Waals surface area (Å²) in [7, 11) is 1.61. The molecule has 0 fully saturated rings. The molecular formula is C15H16N4O3. The first-order chi connectivity index (χ1) is 10.5. The SMILES string of the molecule is COC(C)(C)c1noc(-c2cccc(-c3nnc(C)o3)c2)n1. The molecule has 7 heteroatoms. The number of ether oxygens (including phenoxy) is 1. The molecule has 0 aliphatic rings. The van der Waals surface area contributed by atoms with Gasteiger partial charge in [-0.1, -0.05) is 11.2 Å². The van der Waals surface area contributed by atoms with Crippen LogP contribution in [0.3, 0.4) is 0 Å². The van der Waals surface area contributed by atoms with Crippen LogP contribution >= 0.6 is 0 Å². The van der Waals surface area contributed by atoms with Crippen LogP contribution in [0.25, 0.3) is 22.9 Å². The van der Waals surface area contributed by atoms with E-state index in [1.807, 2.05) is 38.1 Å². The quantitative estimate of drug-likeness (QED) is 0.732. The van der Waals surface area contributed by atoms with Crippen LogP contribution in [0, 0.1) is 6.92 Å². The van der Waals surface area contributed by atoms with Gasteiger partial charge in [0.1, 0.15) is 5.60 Å². The number of benzene rings is 1. The van der Waals surface area contributed by atoms with Crippen molar-refractivity contribution >= 4 is 0 Å². The molecule has 2 aromatic heterocycles. The van der Waals surface area contributed by atoms with Crippen molar-refractivity contribution in [3.63, 3.8) is 0 Å². The maximum absolute atomic E-state index is 5.43. The maximum atomic E-state index is 5.43. The van der Waals surface area contributed by atoms with Gasteiger partial charge in [-0.3, -0.25) is 0 Å². The predicted molar refractivity (Wildman–Crippen MR) is 77.8 cm³/mol. The minimum Gasteiger partial charge on any atom is -0.421 e. The van der Waals surface area contributed by atoms with Crippen molar-refractivity contribution in [2.75, 3.05) is 7.11 Å². The van der Waals surface area contributed by atoms with E-state index in [1.54, 1.807) is 14.0 Å². The summed E-state index contributed by atoms with van der Waals surface area (Å²) in [5, 5.41) is 11.8. The molecule has 0 atom stereocenters. The van der Waals surface area contributed by atoms with E-state index < -0.39 is 5.60 Å². The average Bonchev–Trinajstić information content (AvgIpc) is 3.17. The lowest BCUT2D eigenvalue weighted by molar-refractivity contribution is 0.00973. The number of aromatic nitrogens is 4. The van der Waals surface area contributed by atoms with Gasteiger partial charge in [0, 0.05) is 25.2 Å². The second-order valence-electron chi connectivity index (χ2n) is 5.34. The molecule has 0 N–H and O–H groups in total. The van der Waals surface area contributed by atoms with Gasteiger partial charge in [-0.05, 0) is 32.0 Å². The van der Waals surface area contributed by atoms with Gasteiger partial charge in [-0.25, -0.2) is 0 Å². The average molecular weight is 300 g/mol. The normalized spacial score (nSPS) is 11.8. The molecule has 7 nitrogen and oxygen atoms in total. The Morgan fingerprint density at radius 3 is 2.45 bits per heavy atom. The van der Waals surface area contributed by atoms with Crippen LogP contribution in [0.5, 0.6) is 0 Å². The topological polar surface area (TPSA) is 87.1 Å². The smallest absolute Gasteiger partial charge is 0.258 e. The van der Waals surface area contributed by atoms with Gasteiger partial charge in [0.15, 0.2) is 0 Å². The first-order valence-electron chi connectivity index (χ1n) is 6.80. The van der Waals surface area contributed by atoms with Gasteiger partial charge >= 0.3 is 0 Å². The van der Waals surface area contributed by atoms with Gasteiger partial charge in [0.2, 0.25) is 17.6 Å². The molecule has 0 spiro atoms. The summed E-state index contributed by atoms with van der Waals surface area (Å²) in [6, 6.07) is 7.50. The Bertz CT molecular complexity index is 791. The van der Waals surface area contributed by atoms with E-state index in [9.17, 15) is 0 Å². The summed E-state index contributed by atoms with van der Waals surface area (Å²) in [5.74, 6) is 1.88. The standard InChI is InChI=1S/C15H16N4O3/c1-9-17-18-13(21-9)11-7-5-6-10(8-11)12-16-14(19-22-12)15(2,3)20-4/h5-8H,1-4H3. The Hall–Kier alpha value is -2.54. The molecule has 0 amide bonds. The second kappa shape index (κ2) is 5.34. The fourth-order valence-corrected chi connectivity index (χ4v) is 1.88. The highest BCUT2D eigenvalue weighted by Gasteiger charge is 2.26. The van der Waals surface area contributed by atoms with Crippen LogP contribution in [-0.4, -0.2) is 27.4 Å². The van der Waals surface area contributed by atoms with Crippen LogP contribution in [0.15, 0.2) is 33.2 Å². The van der Waals surface area contributed by atoms with Crippen molar-refractivity contribution in [3.8, 4) is 22.9 Å². The number of hydrogen-bond donors (Lipinski definition) is 0. The van der Waals surface area contributed by atoms with E-state index in [-0.39, 0.29) is 0 Å². The summed E-state index contributed by atoms with van der Waals surface area (Å²) >= 11 is 0. The minimum absolute atomic E-state index is 0.415. The first kappa shape index (κ1) is 14.4. The van der Waals surface area contributed by atoms with Crippen LogP contribution < -0.4 is 0 Å². The van der Waals surface area contributed by atoms with Crippen LogP contribution in [0.4, 0.5) is 0 Å². The summed E-state index contributed by atoms with van der Waals surface area (Å²) in [6.07, 6.45) is 0. The van der Waals surface area contributed by atoms with Gasteiger partial charge in [-0.15, -0.1) is 10.2 Å². The Morgan fingerprint density at radius 1 is 1.09 bits per heavy atom. The Kier molecular flexibility index (Phi) is 3.50. The minimum atomic E-state index is -0.608. The third kappa shape index (κ3) is 2.62. The largest absolute Gasteiger partial charge is 0.421 e. The van der Waals surface area contributed by atoms with Crippen LogP contribution in [0.2, 0.25) is 0 Å². The molecule has 2 heterocycles. The van der Waals surface area contributed by atoms with Gasteiger partial charge in [0.05, 0.1) is 0 Å². The zero-order chi connectivity index (χ0) is 15.7. The molecule has 0 radical (unpaired) electrons. The van der Waals surface area contributed by atoms with E-state index in [2.05, 4.69) is 20.3 Å². The Balaban J connectivity index is 1.96. The van der Waals surface area contributed by atoms with Crippen LogP contribution in [-0.2, 0) is 10.3 Å². The molecule has 0 aliphatic carbocycles. The zero-order valence-corrected chi connectivity index (χ0v) is 12.8. The summed E-state index contributed by atoms with van der Waals surface area (Å²) in [6.45, 7) is 5.50. The molecule has 0 unspecified atom stereocenters. The van der Waals surface area contributed by atoms with E-state index in [0.717, 1.165) is 11.1 Å². The molecule has 1 aromatic carbocycles. The first-order valence-corrected chi connectivity index (χ1v) is 6.80. The maximum Gasteiger partial charge on any atom is 0.258 e. The van der Waals surface area contributed by atoms with Crippen molar-refractivity contribution in [1.29, 1.82) is 0 Å². The van der Waals surface area contributed by atoms with Gasteiger partial charge < -0.3 is 13.7 Å². The summed E-state index contributed by atoms with van der Waals surface area (Å²) in [5.41, 5.74) is 0.964. The lowest BCUT2D eigenvalue weighted by atomic mass is 10.1. The monoisotopic (exact) mass is 300 g/mol. The summed E-state index contributed by atoms with van der Waals surface area (Å²) in [4.78, 5) is 4.39. The van der Waals surface area contributed by atoms with Gasteiger partial charge in [-0.2, -0.15) is 4.98 Å². The highest BCUT2D eigenvalue weighted by molar-refractivity contribution is 5.64. The second-order valence-corrected chi connectivity index (χ2v) is 5.34. The number of nitrogens with zero attached hydrogens (tertiary/aromatic N) is 4. The third-order valence-electron chi connectivity index (χ3n) is 3.36. The zero-order valence-electron chi connectivity index (χ0n) is 12.8. The number of rotatable bonds is 4. The van der Waals surface area contributed by atoms with E-state index >= 15 is 0 Å². The lowest BCUT2D eigenvalue weighted by Gasteiger charge is -2.17. The lowest BCUT2D eigenvalue weighted by Crippen LogP contribution is -2.21. The number of methoxy groups -OCH3 is 1. The molecule has 114 valence electrons. The van der Waals surface area contributed by atoms with Crippen molar-refractivity contribution in [1.82, 2.24) is 20.3 Å². The number of aryl methyl sites for hydroxylation is 1. The summed E-state index contributed by atoms with van der Waals surface area (Å²) < 4.78 is 16.1. The highest BCUT2D eigenvalue weighted by atomic mass is 16.5. The molecule has 22 heavy (non-hydrogen) atoms. The Labute approximate surface area is 127 Å². The van der Waals surface area contributed by atoms with Crippen molar-refractivity contribution in [3.05, 3.63) is 36.0 Å². The fraction of sp³-hybridized carbons (Fsp3) is 0.333. The van der Waals surface area contributed by atoms with Crippen molar-refractivity contribution in [2.45, 2.75) is 26.4 Å². The third-order valence-corrected chi connectivity index (χ3v) is 3.36. The molecule has 3 rings (SSSR count). The van der Waals surface area contributed by atoms with E-state index in [0.29, 0.717) is 23.5 Å². The van der Waals surface area contributed by atoms with Gasteiger partial charge in [0.25, 0.3) is 5.89 Å². The molecule has 0 saturated heterocycles. The van der Waals surface area contributed by atoms with Crippen molar-refractivity contribution < 1.29 is 13.7 Å². The highest BCUT2D eigenvalue weighted by Crippen LogP contribution is 2.27.